The summed E-state index contributed by atoms with van der Waals surface area (Å²) in [5.41, 5.74) is 0.626. The van der Waals surface area contributed by atoms with Gasteiger partial charge < -0.3 is 25.3 Å². The number of allylic oxidation sites excluding steroid dienone is 6. The Bertz CT molecular complexity index is 1480. The maximum atomic E-state index is 14.1. The molecule has 49 heavy (non-hydrogen) atoms. The van der Waals surface area contributed by atoms with Crippen LogP contribution < -0.4 is 14.7 Å². The van der Waals surface area contributed by atoms with Crippen LogP contribution in [0.4, 0.5) is 17.6 Å². The van der Waals surface area contributed by atoms with Crippen LogP contribution in [0, 0.1) is 22.7 Å². The van der Waals surface area contributed by atoms with Crippen molar-refractivity contribution in [2.75, 3.05) is 73.6 Å². The molecule has 8 rings (SSSR count). The molecular formula is C37H54Cl2N6O4. The molecule has 4 heterocycles. The number of rotatable bonds is 6. The van der Waals surface area contributed by atoms with Crippen molar-refractivity contribution in [1.29, 1.82) is 0 Å². The lowest BCUT2D eigenvalue weighted by Gasteiger charge is -2.53. The number of aromatic nitrogens is 2. The van der Waals surface area contributed by atoms with Crippen LogP contribution in [0.15, 0.2) is 41.5 Å². The van der Waals surface area contributed by atoms with Crippen LogP contribution in [0.1, 0.15) is 71.6 Å². The second-order valence-corrected chi connectivity index (χ2v) is 15.5. The quantitative estimate of drug-likeness (QED) is 0.428. The first kappa shape index (κ1) is 37.7. The first-order valence-corrected chi connectivity index (χ1v) is 17.9. The largest absolute Gasteiger partial charge is 0.412 e. The number of piperazine rings is 1. The second kappa shape index (κ2) is 14.3. The maximum Gasteiger partial charge on any atom is 0.229 e. The van der Waals surface area contributed by atoms with Gasteiger partial charge in [-0.25, -0.2) is 0 Å². The summed E-state index contributed by atoms with van der Waals surface area (Å²) in [5.74, 6) is 3.59. The van der Waals surface area contributed by atoms with Crippen LogP contribution in [0.5, 0.6) is 0 Å². The molecule has 5 atom stereocenters. The van der Waals surface area contributed by atoms with Gasteiger partial charge in [-0.05, 0) is 88.7 Å². The van der Waals surface area contributed by atoms with Gasteiger partial charge >= 0.3 is 0 Å². The van der Waals surface area contributed by atoms with Gasteiger partial charge in [-0.2, -0.15) is 9.97 Å². The Morgan fingerprint density at radius 2 is 1.51 bits per heavy atom. The summed E-state index contributed by atoms with van der Waals surface area (Å²) in [6.07, 6.45) is 16.8. The molecule has 0 amide bonds. The van der Waals surface area contributed by atoms with E-state index in [0.717, 1.165) is 89.2 Å². The zero-order valence-corrected chi connectivity index (χ0v) is 30.7. The van der Waals surface area contributed by atoms with Crippen molar-refractivity contribution in [2.24, 2.45) is 22.7 Å². The van der Waals surface area contributed by atoms with Crippen molar-refractivity contribution in [3.8, 4) is 0 Å². The number of carbonyl (C=O) groups is 2. The summed E-state index contributed by atoms with van der Waals surface area (Å²) in [5, 5.41) is 12.3. The van der Waals surface area contributed by atoms with Gasteiger partial charge in [0.15, 0.2) is 11.6 Å². The molecule has 5 fully saturated rings. The zero-order valence-electron chi connectivity index (χ0n) is 29.0. The Kier molecular flexibility index (Phi) is 11.0. The van der Waals surface area contributed by atoms with Crippen LogP contribution in [0.2, 0.25) is 0 Å². The molecule has 270 valence electrons. The normalized spacial score (nSPS) is 33.8. The molecule has 0 spiro atoms. The summed E-state index contributed by atoms with van der Waals surface area (Å²) >= 11 is 0. The Morgan fingerprint density at radius 1 is 0.898 bits per heavy atom. The number of ketones is 2. The molecule has 0 aromatic carbocycles. The van der Waals surface area contributed by atoms with Crippen molar-refractivity contribution in [2.45, 2.75) is 77.2 Å². The van der Waals surface area contributed by atoms with Crippen LogP contribution in [0.3, 0.4) is 0 Å². The van der Waals surface area contributed by atoms with Crippen LogP contribution >= 0.6 is 24.8 Å². The van der Waals surface area contributed by atoms with Crippen molar-refractivity contribution in [3.63, 3.8) is 0 Å². The van der Waals surface area contributed by atoms with E-state index >= 15 is 0 Å². The summed E-state index contributed by atoms with van der Waals surface area (Å²) in [7, 11) is 0. The number of Topliss-reactive ketones (excluding diaryl/α,β-unsaturated/α-hetero) is 1. The minimum absolute atomic E-state index is 0. The number of hydrogen-bond donors (Lipinski definition) is 1. The van der Waals surface area contributed by atoms with E-state index < -0.39 is 11.0 Å². The number of hydrogen-bond acceptors (Lipinski definition) is 9. The van der Waals surface area contributed by atoms with Crippen molar-refractivity contribution in [3.05, 3.63) is 41.5 Å². The van der Waals surface area contributed by atoms with Crippen LogP contribution in [-0.4, -0.2) is 102 Å². The molecule has 4 aliphatic carbocycles. The molecule has 1 aromatic rings. The number of halogens is 2. The fourth-order valence-electron chi connectivity index (χ4n) is 10.2. The van der Waals surface area contributed by atoms with Crippen molar-refractivity contribution in [1.82, 2.24) is 14.9 Å². The molecule has 2 saturated carbocycles. The third-order valence-electron chi connectivity index (χ3n) is 13.1. The molecule has 7 aliphatic rings. The molecule has 0 bridgehead atoms. The minimum Gasteiger partial charge on any atom is -0.412 e. The third kappa shape index (κ3) is 6.24. The Balaban J connectivity index is 0.00000156. The van der Waals surface area contributed by atoms with Gasteiger partial charge in [0, 0.05) is 69.3 Å². The minimum atomic E-state index is -1.31. The van der Waals surface area contributed by atoms with E-state index in [0.29, 0.717) is 25.3 Å². The third-order valence-corrected chi connectivity index (χ3v) is 13.1. The summed E-state index contributed by atoms with van der Waals surface area (Å²) in [6.45, 7) is 12.0. The highest BCUT2D eigenvalue weighted by atomic mass is 35.5. The first-order valence-electron chi connectivity index (χ1n) is 17.9. The Morgan fingerprint density at radius 3 is 2.16 bits per heavy atom. The van der Waals surface area contributed by atoms with E-state index in [4.69, 9.17) is 9.97 Å². The predicted octanol–water partition coefficient (Wildman–Crippen LogP) is 4.35. The van der Waals surface area contributed by atoms with E-state index in [9.17, 15) is 14.7 Å². The second-order valence-electron chi connectivity index (χ2n) is 15.5. The van der Waals surface area contributed by atoms with Crippen molar-refractivity contribution < 1.29 is 20.2 Å². The lowest BCUT2D eigenvalue weighted by molar-refractivity contribution is -0.154. The van der Waals surface area contributed by atoms with Gasteiger partial charge in [-0.1, -0.05) is 30.2 Å². The van der Waals surface area contributed by atoms with Crippen LogP contribution in [0.25, 0.3) is 0 Å². The lowest BCUT2D eigenvalue weighted by atomic mass is 9.51. The molecule has 3 N–H and O–H groups in total. The molecule has 0 unspecified atom stereocenters. The van der Waals surface area contributed by atoms with Gasteiger partial charge in [0.2, 0.25) is 5.95 Å². The van der Waals surface area contributed by atoms with Crippen molar-refractivity contribution >= 4 is 54.0 Å². The molecule has 10 nitrogen and oxygen atoms in total. The number of fused-ring (bicyclic) bond motifs is 5. The first-order chi connectivity index (χ1) is 22.2. The van der Waals surface area contributed by atoms with E-state index in [1.54, 1.807) is 6.08 Å². The van der Waals surface area contributed by atoms with E-state index in [-0.39, 0.29) is 53.2 Å². The van der Waals surface area contributed by atoms with Gasteiger partial charge in [-0.3, -0.25) is 14.5 Å². The smallest absolute Gasteiger partial charge is 0.229 e. The maximum absolute atomic E-state index is 14.1. The summed E-state index contributed by atoms with van der Waals surface area (Å²) < 4.78 is 0. The van der Waals surface area contributed by atoms with Crippen LogP contribution in [-0.2, 0) is 9.59 Å². The number of aliphatic hydroxyl groups is 1. The fraction of sp³-hybridized carbons (Fsp3) is 0.676. The standard InChI is InChI=1S/C37H50N6O3.2ClH.H2O/c1-35-12-9-27(44)23-26(35)7-8-28-29(35)10-13-36(2)30(28)11-14-37(36,46)31(45)25-40-19-21-42(22-20-40)33-24-32(41-15-3-4-16-41)38-34(39-33)43-17-5-6-18-43;;;/h9-10,12,23-24,28,30,46H,3-8,11,13-22,25H2,1-2H3;2*1H;1H2/t28-,30+,35+,36+,37+;;;/m1.../s1. The highest BCUT2D eigenvalue weighted by Gasteiger charge is 2.64. The van der Waals surface area contributed by atoms with Gasteiger partial charge in [0.1, 0.15) is 17.2 Å². The molecular weight excluding hydrogens is 663 g/mol. The number of carbonyl (C=O) groups excluding carboxylic acids is 2. The molecule has 0 radical (unpaired) electrons. The molecule has 3 aliphatic heterocycles. The number of nitrogens with zero attached hydrogens (tertiary/aromatic N) is 6. The lowest BCUT2D eigenvalue weighted by Crippen LogP contribution is -2.58. The summed E-state index contributed by atoms with van der Waals surface area (Å²) in [4.78, 5) is 45.6. The molecule has 1 aromatic heterocycles. The summed E-state index contributed by atoms with van der Waals surface area (Å²) in [6, 6.07) is 2.17. The topological polar surface area (TPSA) is 125 Å². The average molecular weight is 718 g/mol. The average Bonchev–Trinajstić information content (AvgIpc) is 3.84. The van der Waals surface area contributed by atoms with E-state index in [2.05, 4.69) is 51.7 Å². The monoisotopic (exact) mass is 716 g/mol. The van der Waals surface area contributed by atoms with E-state index in [1.807, 2.05) is 6.08 Å². The molecule has 3 saturated heterocycles. The van der Waals surface area contributed by atoms with Gasteiger partial charge in [0.05, 0.1) is 6.54 Å². The number of anilines is 3. The van der Waals surface area contributed by atoms with Gasteiger partial charge in [-0.15, -0.1) is 24.8 Å². The molecule has 12 heteroatoms. The van der Waals surface area contributed by atoms with Gasteiger partial charge in [0.25, 0.3) is 0 Å². The highest BCUT2D eigenvalue weighted by molar-refractivity contribution is 6.01. The fourth-order valence-corrected chi connectivity index (χ4v) is 10.2. The highest BCUT2D eigenvalue weighted by Crippen LogP contribution is 2.65. The van der Waals surface area contributed by atoms with E-state index in [1.165, 1.54) is 36.8 Å². The Labute approximate surface area is 303 Å². The predicted molar refractivity (Wildman–Crippen MR) is 198 cm³/mol. The Hall–Kier alpha value is -2.50. The zero-order chi connectivity index (χ0) is 31.7. The SMILES string of the molecule is C[C@]12C=CC(=O)C=C1CC[C@@H]1C2=CC[C@@]2(C)[C@H]1CC[C@]2(O)C(=O)CN1CCN(c2cc(N3CCCC3)nc(N3CCCC3)n2)CC1.Cl.Cl.O.